The normalized spacial score (nSPS) is 17.7. The van der Waals surface area contributed by atoms with E-state index < -0.39 is 0 Å². The number of likely N-dealkylation sites (tertiary alicyclic amines) is 1. The number of aromatic nitrogens is 4. The first kappa shape index (κ1) is 17.0. The molecule has 1 fully saturated rings. The minimum Gasteiger partial charge on any atom is -0.467 e. The molecule has 0 radical (unpaired) electrons. The number of imidazole rings is 1. The number of hydrogen-bond donors (Lipinski definition) is 0. The van der Waals surface area contributed by atoms with Crippen molar-refractivity contribution in [1.29, 1.82) is 0 Å². The van der Waals surface area contributed by atoms with Gasteiger partial charge < -0.3 is 9.64 Å². The van der Waals surface area contributed by atoms with Gasteiger partial charge in [-0.05, 0) is 26.7 Å². The third-order valence-electron chi connectivity index (χ3n) is 4.87. The van der Waals surface area contributed by atoms with E-state index >= 15 is 0 Å². The summed E-state index contributed by atoms with van der Waals surface area (Å²) in [6.45, 7) is 5.56. The van der Waals surface area contributed by atoms with Gasteiger partial charge in [0.1, 0.15) is 10.7 Å². The molecule has 0 bridgehead atoms. The molecule has 7 nitrogen and oxygen atoms in total. The number of carbonyl (C=O) groups is 1. The lowest BCUT2D eigenvalue weighted by Crippen LogP contribution is -2.39. The molecule has 26 heavy (non-hydrogen) atoms. The summed E-state index contributed by atoms with van der Waals surface area (Å²) in [5.41, 5.74) is 2.81. The maximum atomic E-state index is 12.8. The lowest BCUT2D eigenvalue weighted by Gasteiger charge is -2.32. The van der Waals surface area contributed by atoms with Crippen molar-refractivity contribution in [2.75, 3.05) is 20.2 Å². The van der Waals surface area contributed by atoms with Crippen molar-refractivity contribution in [2.45, 2.75) is 32.6 Å². The van der Waals surface area contributed by atoms with Crippen LogP contribution < -0.4 is 4.74 Å². The van der Waals surface area contributed by atoms with Gasteiger partial charge >= 0.3 is 6.01 Å². The van der Waals surface area contributed by atoms with Crippen LogP contribution in [0.4, 0.5) is 0 Å². The van der Waals surface area contributed by atoms with Crippen molar-refractivity contribution in [2.24, 2.45) is 0 Å². The molecule has 1 atom stereocenters. The molecule has 0 aliphatic carbocycles. The summed E-state index contributed by atoms with van der Waals surface area (Å²) in [6, 6.07) is 0.266. The highest BCUT2D eigenvalue weighted by Crippen LogP contribution is 2.33. The first-order valence-electron chi connectivity index (χ1n) is 8.67. The summed E-state index contributed by atoms with van der Waals surface area (Å²) in [6.07, 6.45) is 5.07. The molecule has 1 saturated heterocycles. The van der Waals surface area contributed by atoms with Crippen LogP contribution in [0.1, 0.15) is 46.3 Å². The number of carbonyl (C=O) groups excluding carboxylic acids is 1. The molecule has 0 N–H and O–H groups in total. The van der Waals surface area contributed by atoms with Crippen LogP contribution in [0.2, 0.25) is 0 Å². The molecule has 4 rings (SSSR count). The van der Waals surface area contributed by atoms with E-state index in [1.54, 1.807) is 11.3 Å². The van der Waals surface area contributed by atoms with Crippen molar-refractivity contribution < 1.29 is 9.53 Å². The van der Waals surface area contributed by atoms with Gasteiger partial charge in [-0.1, -0.05) is 0 Å². The van der Waals surface area contributed by atoms with Gasteiger partial charge in [0, 0.05) is 42.5 Å². The summed E-state index contributed by atoms with van der Waals surface area (Å²) in [5, 5.41) is 2.16. The van der Waals surface area contributed by atoms with Gasteiger partial charge in [0.05, 0.1) is 18.4 Å². The molecule has 0 unspecified atom stereocenters. The molecule has 3 aromatic rings. The van der Waals surface area contributed by atoms with Crippen molar-refractivity contribution in [3.05, 3.63) is 40.5 Å². The Bertz CT molecular complexity index is 947. The highest BCUT2D eigenvalue weighted by Gasteiger charge is 2.29. The van der Waals surface area contributed by atoms with E-state index in [0.717, 1.165) is 30.9 Å². The molecular weight excluding hydrogens is 350 g/mol. The van der Waals surface area contributed by atoms with Crippen LogP contribution >= 0.6 is 11.3 Å². The lowest BCUT2D eigenvalue weighted by atomic mass is 9.95. The summed E-state index contributed by atoms with van der Waals surface area (Å²) >= 11 is 1.73. The fraction of sp³-hybridized carbons (Fsp3) is 0.444. The predicted octanol–water partition coefficient (Wildman–Crippen LogP) is 2.83. The third kappa shape index (κ3) is 2.84. The van der Waals surface area contributed by atoms with Crippen molar-refractivity contribution in [3.8, 4) is 6.01 Å². The van der Waals surface area contributed by atoms with Gasteiger partial charge in [-0.3, -0.25) is 9.20 Å². The molecule has 0 saturated carbocycles. The number of hydrogen-bond acceptors (Lipinski definition) is 6. The highest BCUT2D eigenvalue weighted by molar-refractivity contribution is 7.15. The Morgan fingerprint density at radius 2 is 2.08 bits per heavy atom. The Morgan fingerprint density at radius 1 is 1.31 bits per heavy atom. The second-order valence-corrected chi connectivity index (χ2v) is 7.47. The van der Waals surface area contributed by atoms with Crippen molar-refractivity contribution >= 4 is 22.1 Å². The van der Waals surface area contributed by atoms with Gasteiger partial charge in [-0.2, -0.15) is 0 Å². The van der Waals surface area contributed by atoms with Gasteiger partial charge in [0.2, 0.25) is 0 Å². The number of amides is 1. The number of rotatable bonds is 3. The Morgan fingerprint density at radius 3 is 2.81 bits per heavy atom. The lowest BCUT2D eigenvalue weighted by molar-refractivity contribution is 0.0705. The van der Waals surface area contributed by atoms with Crippen LogP contribution in [-0.4, -0.2) is 50.4 Å². The smallest absolute Gasteiger partial charge is 0.316 e. The number of piperidine rings is 1. The molecule has 0 aromatic carbocycles. The fourth-order valence-corrected chi connectivity index (χ4v) is 4.72. The zero-order chi connectivity index (χ0) is 18.3. The molecule has 0 spiro atoms. The minimum atomic E-state index is -0.0353. The number of methoxy groups -OCH3 is 1. The number of thiazole rings is 1. The van der Waals surface area contributed by atoms with Crippen LogP contribution in [0.25, 0.3) is 4.83 Å². The maximum Gasteiger partial charge on any atom is 0.316 e. The average Bonchev–Trinajstić information content (AvgIpc) is 3.22. The van der Waals surface area contributed by atoms with E-state index in [1.807, 2.05) is 11.8 Å². The monoisotopic (exact) mass is 371 g/mol. The standard InChI is InChI=1S/C18H21N5O2S/c1-11-10-26-17-15(21-12(2)23(11)17)13-5-4-6-22(9-13)16(24)14-7-19-18(25-3)20-8-14/h7-8,10,13H,4-6,9H2,1-3H3/t13-/m1/s1. The molecular formula is C18H21N5O2S. The molecule has 3 aromatic heterocycles. The zero-order valence-electron chi connectivity index (χ0n) is 15.1. The quantitative estimate of drug-likeness (QED) is 0.708. The van der Waals surface area contributed by atoms with E-state index in [-0.39, 0.29) is 17.8 Å². The van der Waals surface area contributed by atoms with Crippen LogP contribution in [0.5, 0.6) is 6.01 Å². The molecule has 1 amide bonds. The number of nitrogens with zero attached hydrogens (tertiary/aromatic N) is 5. The predicted molar refractivity (Wildman–Crippen MR) is 99.0 cm³/mol. The maximum absolute atomic E-state index is 12.8. The molecule has 4 heterocycles. The first-order valence-corrected chi connectivity index (χ1v) is 9.54. The van der Waals surface area contributed by atoms with E-state index in [4.69, 9.17) is 9.72 Å². The van der Waals surface area contributed by atoms with E-state index in [1.165, 1.54) is 30.0 Å². The Balaban J connectivity index is 1.57. The highest BCUT2D eigenvalue weighted by atomic mass is 32.1. The molecule has 8 heteroatoms. The van der Waals surface area contributed by atoms with Gasteiger partial charge in [-0.25, -0.2) is 15.0 Å². The van der Waals surface area contributed by atoms with Gasteiger partial charge in [0.15, 0.2) is 0 Å². The van der Waals surface area contributed by atoms with E-state index in [2.05, 4.69) is 26.7 Å². The topological polar surface area (TPSA) is 72.6 Å². The molecule has 136 valence electrons. The Hall–Kier alpha value is -2.48. The summed E-state index contributed by atoms with van der Waals surface area (Å²) in [4.78, 5) is 28.8. The van der Waals surface area contributed by atoms with Crippen molar-refractivity contribution in [3.63, 3.8) is 0 Å². The third-order valence-corrected chi connectivity index (χ3v) is 5.95. The van der Waals surface area contributed by atoms with E-state index in [0.29, 0.717) is 12.1 Å². The van der Waals surface area contributed by atoms with Crippen LogP contribution in [0.15, 0.2) is 17.8 Å². The van der Waals surface area contributed by atoms with Gasteiger partial charge in [-0.15, -0.1) is 11.3 Å². The second-order valence-electron chi connectivity index (χ2n) is 6.61. The average molecular weight is 371 g/mol. The van der Waals surface area contributed by atoms with Crippen LogP contribution in [-0.2, 0) is 0 Å². The largest absolute Gasteiger partial charge is 0.467 e. The Kier molecular flexibility index (Phi) is 4.36. The SMILES string of the molecule is COc1ncc(C(=O)N2CCC[C@@H](c3nc(C)n4c(C)csc34)C2)cn1. The van der Waals surface area contributed by atoms with Crippen LogP contribution in [0.3, 0.4) is 0 Å². The summed E-state index contributed by atoms with van der Waals surface area (Å²) < 4.78 is 7.16. The fourth-order valence-electron chi connectivity index (χ4n) is 3.62. The molecule has 1 aliphatic heterocycles. The summed E-state index contributed by atoms with van der Waals surface area (Å²) in [7, 11) is 1.51. The first-order chi connectivity index (χ1) is 12.6. The number of ether oxygens (including phenoxy) is 1. The van der Waals surface area contributed by atoms with Crippen molar-refractivity contribution in [1.82, 2.24) is 24.3 Å². The van der Waals surface area contributed by atoms with Gasteiger partial charge in [0.25, 0.3) is 5.91 Å². The Labute approximate surface area is 155 Å². The second kappa shape index (κ2) is 6.68. The van der Waals surface area contributed by atoms with Crippen LogP contribution in [0, 0.1) is 13.8 Å². The zero-order valence-corrected chi connectivity index (χ0v) is 15.9. The minimum absolute atomic E-state index is 0.0353. The molecule has 1 aliphatic rings. The van der Waals surface area contributed by atoms with E-state index in [9.17, 15) is 4.79 Å². The number of fused-ring (bicyclic) bond motifs is 1. The number of aryl methyl sites for hydroxylation is 2. The summed E-state index contributed by atoms with van der Waals surface area (Å²) in [5.74, 6) is 1.24.